The summed E-state index contributed by atoms with van der Waals surface area (Å²) in [5.41, 5.74) is 1.31. The maximum absolute atomic E-state index is 12.8. The summed E-state index contributed by atoms with van der Waals surface area (Å²) in [5, 5.41) is 13.4. The minimum absolute atomic E-state index is 0.0589. The van der Waals surface area contributed by atoms with E-state index in [1.54, 1.807) is 18.4 Å². The number of nitrogens with zero attached hydrogens (tertiary/aromatic N) is 2. The Morgan fingerprint density at radius 1 is 0.973 bits per heavy atom. The van der Waals surface area contributed by atoms with E-state index in [2.05, 4.69) is 5.32 Å². The lowest BCUT2D eigenvalue weighted by Gasteiger charge is -2.46. The molecule has 0 radical (unpaired) electrons. The van der Waals surface area contributed by atoms with Gasteiger partial charge in [-0.3, -0.25) is 19.7 Å². The van der Waals surface area contributed by atoms with Crippen LogP contribution >= 0.6 is 0 Å². The lowest BCUT2D eigenvalue weighted by molar-refractivity contribution is -0.384. The molecule has 0 spiro atoms. The zero-order valence-electron chi connectivity index (χ0n) is 19.8. The van der Waals surface area contributed by atoms with Gasteiger partial charge in [0.25, 0.3) is 5.69 Å². The SMILES string of the molecule is O=C(CN1C(=O)[C@@H](NC(=O)OCc2ccccc2)[C@H]1CCc1ccco1)OCc1ccc([N+](=O)[O-])cc1. The molecule has 2 heterocycles. The normalized spacial score (nSPS) is 16.5. The Morgan fingerprint density at radius 3 is 2.35 bits per heavy atom. The van der Waals surface area contributed by atoms with Crippen molar-refractivity contribution < 1.29 is 33.2 Å². The van der Waals surface area contributed by atoms with Gasteiger partial charge in [0.1, 0.15) is 31.6 Å². The summed E-state index contributed by atoms with van der Waals surface area (Å²) in [6.07, 6.45) is 1.76. The number of carbonyl (C=O) groups excluding carboxylic acids is 3. The van der Waals surface area contributed by atoms with Gasteiger partial charge >= 0.3 is 12.1 Å². The van der Waals surface area contributed by atoms with Crippen LogP contribution in [0.3, 0.4) is 0 Å². The number of esters is 1. The van der Waals surface area contributed by atoms with Crippen LogP contribution < -0.4 is 5.32 Å². The summed E-state index contributed by atoms with van der Waals surface area (Å²) in [7, 11) is 0. The number of hydrogen-bond acceptors (Lipinski definition) is 8. The molecule has 3 aromatic rings. The molecule has 4 rings (SSSR count). The average molecular weight is 507 g/mol. The van der Waals surface area contributed by atoms with Crippen LogP contribution in [0.25, 0.3) is 0 Å². The highest BCUT2D eigenvalue weighted by molar-refractivity contribution is 5.94. The highest BCUT2D eigenvalue weighted by Gasteiger charge is 2.48. The molecule has 1 aliphatic heterocycles. The van der Waals surface area contributed by atoms with Crippen molar-refractivity contribution in [3.05, 3.63) is 100.0 Å². The molecule has 1 aromatic heterocycles. The largest absolute Gasteiger partial charge is 0.469 e. The molecule has 0 aliphatic carbocycles. The van der Waals surface area contributed by atoms with Gasteiger partial charge in [0, 0.05) is 18.6 Å². The summed E-state index contributed by atoms with van der Waals surface area (Å²) in [6.45, 7) is -0.335. The minimum atomic E-state index is -0.847. The molecule has 1 saturated heterocycles. The van der Waals surface area contributed by atoms with Gasteiger partial charge in [-0.1, -0.05) is 30.3 Å². The van der Waals surface area contributed by atoms with Crippen molar-refractivity contribution in [3.63, 3.8) is 0 Å². The van der Waals surface area contributed by atoms with Crippen molar-refractivity contribution >= 4 is 23.7 Å². The number of alkyl carbamates (subject to hydrolysis) is 1. The summed E-state index contributed by atoms with van der Waals surface area (Å²) < 4.78 is 15.8. The maximum atomic E-state index is 12.8. The van der Waals surface area contributed by atoms with Crippen molar-refractivity contribution in [1.29, 1.82) is 0 Å². The number of non-ortho nitro benzene ring substituents is 1. The van der Waals surface area contributed by atoms with Crippen LogP contribution in [0.2, 0.25) is 0 Å². The number of benzene rings is 2. The number of nitro groups is 1. The van der Waals surface area contributed by atoms with E-state index in [1.807, 2.05) is 30.3 Å². The molecule has 0 saturated carbocycles. The Kier molecular flexibility index (Phi) is 8.14. The third-order valence-corrected chi connectivity index (χ3v) is 5.93. The molecular weight excluding hydrogens is 482 g/mol. The molecule has 2 aromatic carbocycles. The molecule has 2 amide bonds. The minimum Gasteiger partial charge on any atom is -0.469 e. The summed E-state index contributed by atoms with van der Waals surface area (Å²) in [5.74, 6) is -0.348. The second kappa shape index (κ2) is 11.8. The van der Waals surface area contributed by atoms with E-state index in [0.717, 1.165) is 5.56 Å². The third kappa shape index (κ3) is 6.72. The smallest absolute Gasteiger partial charge is 0.408 e. The zero-order chi connectivity index (χ0) is 26.2. The van der Waals surface area contributed by atoms with E-state index in [-0.39, 0.29) is 25.4 Å². The van der Waals surface area contributed by atoms with Crippen molar-refractivity contribution in [2.45, 2.75) is 38.1 Å². The number of ether oxygens (including phenoxy) is 2. The Labute approximate surface area is 212 Å². The fourth-order valence-corrected chi connectivity index (χ4v) is 3.98. The van der Waals surface area contributed by atoms with E-state index in [1.165, 1.54) is 29.2 Å². The standard InChI is InChI=1S/C26H25N3O8/c30-23(36-16-19-8-10-20(11-9-19)29(33)34)15-28-22(13-12-21-7-4-14-35-21)24(25(28)31)27-26(32)37-17-18-5-2-1-3-6-18/h1-11,14,22,24H,12-13,15-17H2,(H,27,32)/t22-,24+/m1/s1. The van der Waals surface area contributed by atoms with Gasteiger partial charge in [0.05, 0.1) is 17.2 Å². The number of amides is 2. The van der Waals surface area contributed by atoms with Crippen molar-refractivity contribution in [2.24, 2.45) is 0 Å². The molecule has 11 nitrogen and oxygen atoms in total. The molecule has 2 atom stereocenters. The molecule has 0 bridgehead atoms. The van der Waals surface area contributed by atoms with Gasteiger partial charge in [0.15, 0.2) is 0 Å². The van der Waals surface area contributed by atoms with Gasteiger partial charge < -0.3 is 24.1 Å². The Morgan fingerprint density at radius 2 is 1.68 bits per heavy atom. The van der Waals surface area contributed by atoms with Crippen LogP contribution in [0.5, 0.6) is 0 Å². The van der Waals surface area contributed by atoms with Crippen LogP contribution in [0.15, 0.2) is 77.4 Å². The fourth-order valence-electron chi connectivity index (χ4n) is 3.98. The van der Waals surface area contributed by atoms with Crippen LogP contribution in [0, 0.1) is 10.1 Å². The van der Waals surface area contributed by atoms with Gasteiger partial charge in [-0.25, -0.2) is 4.79 Å². The summed E-state index contributed by atoms with van der Waals surface area (Å²) >= 11 is 0. The van der Waals surface area contributed by atoms with E-state index < -0.39 is 35.0 Å². The first-order valence-electron chi connectivity index (χ1n) is 11.6. The highest BCUT2D eigenvalue weighted by atomic mass is 16.6. The number of β-lactam (4-membered cyclic amide) rings is 1. The summed E-state index contributed by atoms with van der Waals surface area (Å²) in [4.78, 5) is 49.2. The highest BCUT2D eigenvalue weighted by Crippen LogP contribution is 2.25. The molecule has 11 heteroatoms. The third-order valence-electron chi connectivity index (χ3n) is 5.93. The summed E-state index contributed by atoms with van der Waals surface area (Å²) in [6, 6.07) is 17.0. The predicted molar refractivity (Wildman–Crippen MR) is 129 cm³/mol. The monoisotopic (exact) mass is 507 g/mol. The quantitative estimate of drug-likeness (QED) is 0.180. The number of likely N-dealkylation sites (tertiary alicyclic amines) is 1. The van der Waals surface area contributed by atoms with Gasteiger partial charge in [-0.05, 0) is 41.8 Å². The number of aryl methyl sites for hydroxylation is 1. The van der Waals surface area contributed by atoms with Crippen LogP contribution in [-0.4, -0.2) is 46.4 Å². The number of nitro benzene ring substituents is 1. The van der Waals surface area contributed by atoms with E-state index in [4.69, 9.17) is 13.9 Å². The number of nitrogens with one attached hydrogen (secondary N) is 1. The fraction of sp³-hybridized carbons (Fsp3) is 0.269. The first kappa shape index (κ1) is 25.4. The second-order valence-electron chi connectivity index (χ2n) is 8.42. The van der Waals surface area contributed by atoms with Crippen molar-refractivity contribution in [1.82, 2.24) is 10.2 Å². The topological polar surface area (TPSA) is 141 Å². The van der Waals surface area contributed by atoms with Gasteiger partial charge in [-0.2, -0.15) is 0 Å². The number of hydrogen-bond donors (Lipinski definition) is 1. The van der Waals surface area contributed by atoms with Gasteiger partial charge in [0.2, 0.25) is 5.91 Å². The number of carbonyl (C=O) groups is 3. The number of furan rings is 1. The first-order chi connectivity index (χ1) is 17.9. The van der Waals surface area contributed by atoms with E-state index >= 15 is 0 Å². The van der Waals surface area contributed by atoms with E-state index in [0.29, 0.717) is 24.2 Å². The molecule has 0 unspecified atom stereocenters. The second-order valence-corrected chi connectivity index (χ2v) is 8.42. The lowest BCUT2D eigenvalue weighted by atomic mass is 9.90. The molecule has 37 heavy (non-hydrogen) atoms. The molecule has 1 fully saturated rings. The molecule has 1 N–H and O–H groups in total. The van der Waals surface area contributed by atoms with E-state index in [9.17, 15) is 24.5 Å². The average Bonchev–Trinajstić information content (AvgIpc) is 3.43. The zero-order valence-corrected chi connectivity index (χ0v) is 19.8. The Balaban J connectivity index is 1.32. The molecule has 1 aliphatic rings. The maximum Gasteiger partial charge on any atom is 0.408 e. The lowest BCUT2D eigenvalue weighted by Crippen LogP contribution is -2.71. The molecular formula is C26H25N3O8. The van der Waals surface area contributed by atoms with Crippen molar-refractivity contribution in [2.75, 3.05) is 6.54 Å². The first-order valence-corrected chi connectivity index (χ1v) is 11.6. The van der Waals surface area contributed by atoms with Crippen molar-refractivity contribution in [3.8, 4) is 0 Å². The van der Waals surface area contributed by atoms with Crippen LogP contribution in [0.4, 0.5) is 10.5 Å². The van der Waals surface area contributed by atoms with Crippen LogP contribution in [-0.2, 0) is 38.7 Å². The molecule has 192 valence electrons. The Bertz CT molecular complexity index is 1230. The van der Waals surface area contributed by atoms with Gasteiger partial charge in [-0.15, -0.1) is 0 Å². The number of rotatable bonds is 11. The van der Waals surface area contributed by atoms with Crippen LogP contribution in [0.1, 0.15) is 23.3 Å². The predicted octanol–water partition coefficient (Wildman–Crippen LogP) is 3.37. The Hall–Kier alpha value is -4.67.